The van der Waals surface area contributed by atoms with Crippen molar-refractivity contribution >= 4 is 5.97 Å². The Hall–Kier alpha value is -0.610. The SMILES string of the molecule is CCC(=O)OCCCCN1CCOCC1. The number of nitrogens with zero attached hydrogens (tertiary/aromatic N) is 1. The first-order chi connectivity index (χ1) is 7.33. The molecule has 0 atom stereocenters. The second kappa shape index (κ2) is 7.65. The van der Waals surface area contributed by atoms with E-state index in [4.69, 9.17) is 9.47 Å². The van der Waals surface area contributed by atoms with E-state index in [1.165, 1.54) is 0 Å². The highest BCUT2D eigenvalue weighted by atomic mass is 16.5. The second-order valence-electron chi connectivity index (χ2n) is 3.74. The van der Waals surface area contributed by atoms with Gasteiger partial charge in [0.2, 0.25) is 0 Å². The molecule has 0 radical (unpaired) electrons. The molecule has 4 nitrogen and oxygen atoms in total. The lowest BCUT2D eigenvalue weighted by atomic mass is 10.3. The van der Waals surface area contributed by atoms with Crippen LogP contribution in [0.4, 0.5) is 0 Å². The van der Waals surface area contributed by atoms with Gasteiger partial charge in [0.15, 0.2) is 0 Å². The van der Waals surface area contributed by atoms with E-state index in [0.29, 0.717) is 13.0 Å². The second-order valence-corrected chi connectivity index (χ2v) is 3.74. The molecule has 0 unspecified atom stereocenters. The summed E-state index contributed by atoms with van der Waals surface area (Å²) in [5.74, 6) is -0.0960. The van der Waals surface area contributed by atoms with Crippen LogP contribution in [0.15, 0.2) is 0 Å². The molecule has 1 heterocycles. The van der Waals surface area contributed by atoms with Gasteiger partial charge in [0, 0.05) is 19.5 Å². The third-order valence-corrected chi connectivity index (χ3v) is 2.52. The summed E-state index contributed by atoms with van der Waals surface area (Å²) in [5.41, 5.74) is 0. The molecule has 88 valence electrons. The van der Waals surface area contributed by atoms with E-state index in [1.54, 1.807) is 0 Å². The van der Waals surface area contributed by atoms with Crippen molar-refractivity contribution in [2.24, 2.45) is 0 Å². The van der Waals surface area contributed by atoms with Gasteiger partial charge in [-0.15, -0.1) is 0 Å². The summed E-state index contributed by atoms with van der Waals surface area (Å²) in [5, 5.41) is 0. The predicted molar refractivity (Wildman–Crippen MR) is 57.7 cm³/mol. The highest BCUT2D eigenvalue weighted by molar-refractivity contribution is 5.68. The first-order valence-corrected chi connectivity index (χ1v) is 5.78. The van der Waals surface area contributed by atoms with E-state index in [9.17, 15) is 4.79 Å². The Labute approximate surface area is 91.5 Å². The molecule has 0 aromatic heterocycles. The van der Waals surface area contributed by atoms with Gasteiger partial charge in [-0.1, -0.05) is 6.92 Å². The van der Waals surface area contributed by atoms with Gasteiger partial charge >= 0.3 is 5.97 Å². The minimum Gasteiger partial charge on any atom is -0.466 e. The molecular weight excluding hydrogens is 194 g/mol. The van der Waals surface area contributed by atoms with Crippen LogP contribution >= 0.6 is 0 Å². The zero-order valence-electron chi connectivity index (χ0n) is 9.54. The number of carbonyl (C=O) groups is 1. The minimum absolute atomic E-state index is 0.0960. The lowest BCUT2D eigenvalue weighted by Gasteiger charge is -2.26. The quantitative estimate of drug-likeness (QED) is 0.490. The van der Waals surface area contributed by atoms with Gasteiger partial charge in [-0.25, -0.2) is 0 Å². The molecule has 1 fully saturated rings. The molecule has 1 aliphatic heterocycles. The van der Waals surface area contributed by atoms with Crippen LogP contribution in [-0.2, 0) is 14.3 Å². The molecule has 0 saturated carbocycles. The topological polar surface area (TPSA) is 38.8 Å². The van der Waals surface area contributed by atoms with E-state index in [0.717, 1.165) is 45.7 Å². The molecule has 1 aliphatic rings. The molecule has 1 saturated heterocycles. The summed E-state index contributed by atoms with van der Waals surface area (Å²) in [6.07, 6.45) is 2.53. The van der Waals surface area contributed by atoms with Gasteiger partial charge in [-0.3, -0.25) is 9.69 Å². The van der Waals surface area contributed by atoms with Crippen LogP contribution in [0.1, 0.15) is 26.2 Å². The molecule has 0 spiro atoms. The molecule has 0 aliphatic carbocycles. The van der Waals surface area contributed by atoms with E-state index in [2.05, 4.69) is 4.90 Å². The first-order valence-electron chi connectivity index (χ1n) is 5.78. The van der Waals surface area contributed by atoms with Crippen molar-refractivity contribution in [2.75, 3.05) is 39.5 Å². The number of unbranched alkanes of at least 4 members (excludes halogenated alkanes) is 1. The zero-order chi connectivity index (χ0) is 10.9. The zero-order valence-corrected chi connectivity index (χ0v) is 9.54. The molecule has 0 amide bonds. The number of hydrogen-bond acceptors (Lipinski definition) is 4. The monoisotopic (exact) mass is 215 g/mol. The molecule has 15 heavy (non-hydrogen) atoms. The van der Waals surface area contributed by atoms with E-state index < -0.39 is 0 Å². The normalized spacial score (nSPS) is 17.7. The lowest BCUT2D eigenvalue weighted by molar-refractivity contribution is -0.143. The molecule has 0 N–H and O–H groups in total. The van der Waals surface area contributed by atoms with Crippen molar-refractivity contribution in [3.8, 4) is 0 Å². The highest BCUT2D eigenvalue weighted by Crippen LogP contribution is 2.00. The molecular formula is C11H21NO3. The van der Waals surface area contributed by atoms with Crippen LogP contribution < -0.4 is 0 Å². The number of ether oxygens (including phenoxy) is 2. The van der Waals surface area contributed by atoms with Crippen LogP contribution in [-0.4, -0.2) is 50.3 Å². The van der Waals surface area contributed by atoms with Gasteiger partial charge in [0.25, 0.3) is 0 Å². The summed E-state index contributed by atoms with van der Waals surface area (Å²) >= 11 is 0. The van der Waals surface area contributed by atoms with Crippen LogP contribution in [0.2, 0.25) is 0 Å². The van der Waals surface area contributed by atoms with Crippen molar-refractivity contribution in [2.45, 2.75) is 26.2 Å². The Morgan fingerprint density at radius 1 is 1.33 bits per heavy atom. The van der Waals surface area contributed by atoms with Crippen LogP contribution in [0, 0.1) is 0 Å². The molecule has 4 heteroatoms. The Bertz CT molecular complexity index is 179. The number of carbonyl (C=O) groups excluding carboxylic acids is 1. The molecule has 0 aromatic carbocycles. The highest BCUT2D eigenvalue weighted by Gasteiger charge is 2.09. The standard InChI is InChI=1S/C11H21NO3/c1-2-11(13)15-8-4-3-5-12-6-9-14-10-7-12/h2-10H2,1H3. The van der Waals surface area contributed by atoms with Crippen molar-refractivity contribution < 1.29 is 14.3 Å². The number of rotatable bonds is 6. The third-order valence-electron chi connectivity index (χ3n) is 2.52. The predicted octanol–water partition coefficient (Wildman–Crippen LogP) is 1.05. The Morgan fingerprint density at radius 2 is 2.07 bits per heavy atom. The Kier molecular flexibility index (Phi) is 6.36. The average Bonchev–Trinajstić information content (AvgIpc) is 2.29. The lowest BCUT2D eigenvalue weighted by Crippen LogP contribution is -2.36. The summed E-state index contributed by atoms with van der Waals surface area (Å²) < 4.78 is 10.3. The third kappa shape index (κ3) is 5.74. The van der Waals surface area contributed by atoms with Crippen molar-refractivity contribution in [3.63, 3.8) is 0 Å². The average molecular weight is 215 g/mol. The van der Waals surface area contributed by atoms with E-state index in [1.807, 2.05) is 6.92 Å². The summed E-state index contributed by atoms with van der Waals surface area (Å²) in [4.78, 5) is 13.2. The fourth-order valence-electron chi connectivity index (χ4n) is 1.55. The van der Waals surface area contributed by atoms with E-state index >= 15 is 0 Å². The van der Waals surface area contributed by atoms with Crippen molar-refractivity contribution in [1.29, 1.82) is 0 Å². The maximum Gasteiger partial charge on any atom is 0.305 e. The Morgan fingerprint density at radius 3 is 2.73 bits per heavy atom. The molecule has 1 rings (SSSR count). The van der Waals surface area contributed by atoms with Gasteiger partial charge in [0.05, 0.1) is 19.8 Å². The van der Waals surface area contributed by atoms with Gasteiger partial charge in [-0.05, 0) is 19.4 Å². The maximum absolute atomic E-state index is 10.8. The minimum atomic E-state index is -0.0960. The number of morpholine rings is 1. The first kappa shape index (κ1) is 12.5. The summed E-state index contributed by atoms with van der Waals surface area (Å²) in [6.45, 7) is 7.25. The largest absolute Gasteiger partial charge is 0.466 e. The van der Waals surface area contributed by atoms with Crippen molar-refractivity contribution in [1.82, 2.24) is 4.90 Å². The number of esters is 1. The molecule has 0 aromatic rings. The van der Waals surface area contributed by atoms with Crippen LogP contribution in [0.3, 0.4) is 0 Å². The fourth-order valence-corrected chi connectivity index (χ4v) is 1.55. The van der Waals surface area contributed by atoms with Crippen LogP contribution in [0.25, 0.3) is 0 Å². The Balaban J connectivity index is 1.89. The van der Waals surface area contributed by atoms with Gasteiger partial charge in [-0.2, -0.15) is 0 Å². The van der Waals surface area contributed by atoms with Crippen LogP contribution in [0.5, 0.6) is 0 Å². The summed E-state index contributed by atoms with van der Waals surface area (Å²) in [6, 6.07) is 0. The summed E-state index contributed by atoms with van der Waals surface area (Å²) in [7, 11) is 0. The number of hydrogen-bond donors (Lipinski definition) is 0. The van der Waals surface area contributed by atoms with Gasteiger partial charge in [0.1, 0.15) is 0 Å². The maximum atomic E-state index is 10.8. The van der Waals surface area contributed by atoms with Gasteiger partial charge < -0.3 is 9.47 Å². The fraction of sp³-hybridized carbons (Fsp3) is 0.909. The smallest absolute Gasteiger partial charge is 0.305 e. The van der Waals surface area contributed by atoms with E-state index in [-0.39, 0.29) is 5.97 Å². The van der Waals surface area contributed by atoms with Crippen molar-refractivity contribution in [3.05, 3.63) is 0 Å². The molecule has 0 bridgehead atoms.